The molecule has 0 N–H and O–H groups in total. The molecule has 0 aromatic carbocycles. The minimum atomic E-state index is -4.34. The molecular weight excluding hydrogens is 362 g/mol. The van der Waals surface area contributed by atoms with Gasteiger partial charge in [0.2, 0.25) is 0 Å². The van der Waals surface area contributed by atoms with Crippen LogP contribution in [-0.2, 0) is 25.3 Å². The Hall–Kier alpha value is 2.35. The van der Waals surface area contributed by atoms with Crippen molar-refractivity contribution in [2.75, 3.05) is 0 Å². The number of rotatable bonds is 0. The summed E-state index contributed by atoms with van der Waals surface area (Å²) in [7, 11) is 0. The van der Waals surface area contributed by atoms with Gasteiger partial charge in [0.15, 0.2) is 0 Å². The molecule has 0 aliphatic rings. The first-order valence-corrected chi connectivity index (χ1v) is 4.48. The molecular formula is CsO3Ta. The van der Waals surface area contributed by atoms with Crippen molar-refractivity contribution in [2.45, 2.75) is 0 Å². The predicted molar refractivity (Wildman–Crippen MR) is 1.37 cm³/mol. The van der Waals surface area contributed by atoms with Crippen LogP contribution in [0.25, 0.3) is 0 Å². The van der Waals surface area contributed by atoms with Gasteiger partial charge in [-0.15, -0.1) is 0 Å². The van der Waals surface area contributed by atoms with Crippen molar-refractivity contribution in [2.24, 2.45) is 0 Å². The van der Waals surface area contributed by atoms with Gasteiger partial charge in [0.25, 0.3) is 0 Å². The van der Waals surface area contributed by atoms with E-state index in [0.717, 1.165) is 0 Å². The summed E-state index contributed by atoms with van der Waals surface area (Å²) >= 11 is -4.34. The van der Waals surface area contributed by atoms with Crippen LogP contribution in [0.5, 0.6) is 0 Å². The van der Waals surface area contributed by atoms with Crippen molar-refractivity contribution >= 4 is 0 Å². The Balaban J connectivity index is 0. The van der Waals surface area contributed by atoms with Crippen LogP contribution >= 0.6 is 0 Å². The fraction of sp³-hybridized carbons (Fsp3) is 0. The fourth-order valence-corrected chi connectivity index (χ4v) is 0. The SMILES string of the molecule is [Cs+].[O]=[Ta](=[O])[O-]. The quantitative estimate of drug-likeness (QED) is 0.437. The molecule has 0 heterocycles. The first-order chi connectivity index (χ1) is 1.73. The van der Waals surface area contributed by atoms with E-state index in [2.05, 4.69) is 0 Å². The Kier molecular flexibility index (Phi) is 13.2. The predicted octanol–water partition coefficient (Wildman–Crippen LogP) is -4.43. The molecule has 0 bridgehead atoms. The van der Waals surface area contributed by atoms with Gasteiger partial charge >= 0.3 is 97.8 Å². The molecule has 0 aromatic heterocycles. The summed E-state index contributed by atoms with van der Waals surface area (Å²) in [5.74, 6) is 0. The van der Waals surface area contributed by atoms with Crippen LogP contribution in [0.2, 0.25) is 0 Å². The summed E-state index contributed by atoms with van der Waals surface area (Å²) in [6.07, 6.45) is 0. The molecule has 0 fully saturated rings. The van der Waals surface area contributed by atoms with E-state index >= 15 is 0 Å². The fourth-order valence-electron chi connectivity index (χ4n) is 0. The van der Waals surface area contributed by atoms with Crippen LogP contribution in [0.15, 0.2) is 0 Å². The topological polar surface area (TPSA) is 57.2 Å². The van der Waals surface area contributed by atoms with Gasteiger partial charge in [-0.3, -0.25) is 0 Å². The zero-order valence-electron chi connectivity index (χ0n) is 2.67. The summed E-state index contributed by atoms with van der Waals surface area (Å²) in [4.78, 5) is 0. The van der Waals surface area contributed by atoms with Gasteiger partial charge in [0.1, 0.15) is 0 Å². The average molecular weight is 362 g/mol. The number of hydrogen-bond donors (Lipinski definition) is 0. The van der Waals surface area contributed by atoms with E-state index in [4.69, 9.17) is 10.1 Å². The van der Waals surface area contributed by atoms with Crippen LogP contribution in [0.1, 0.15) is 0 Å². The van der Waals surface area contributed by atoms with E-state index in [0.29, 0.717) is 0 Å². The van der Waals surface area contributed by atoms with Crippen molar-refractivity contribution < 1.29 is 97.8 Å². The van der Waals surface area contributed by atoms with E-state index < -0.39 is 18.8 Å². The van der Waals surface area contributed by atoms with Gasteiger partial charge < -0.3 is 0 Å². The second-order valence-electron chi connectivity index (χ2n) is 0.224. The Morgan fingerprint density at radius 2 is 1.40 bits per heavy atom. The van der Waals surface area contributed by atoms with Gasteiger partial charge in [0.05, 0.1) is 0 Å². The zero-order chi connectivity index (χ0) is 3.58. The molecule has 3 nitrogen and oxygen atoms in total. The van der Waals surface area contributed by atoms with Crippen molar-refractivity contribution in [3.05, 3.63) is 0 Å². The molecule has 0 saturated carbocycles. The Bertz CT molecular complexity index is 55.3. The Morgan fingerprint density at radius 3 is 1.40 bits per heavy atom. The normalized spacial score (nSPS) is 5.00. The molecule has 0 aromatic rings. The summed E-state index contributed by atoms with van der Waals surface area (Å²) in [5, 5.41) is 0. The van der Waals surface area contributed by atoms with E-state index in [1.807, 2.05) is 0 Å². The molecule has 5 heteroatoms. The van der Waals surface area contributed by atoms with Crippen LogP contribution in [0.4, 0.5) is 0 Å². The van der Waals surface area contributed by atoms with Crippen molar-refractivity contribution in [1.29, 1.82) is 0 Å². The second kappa shape index (κ2) is 6.35. The van der Waals surface area contributed by atoms with Gasteiger partial charge in [-0.25, -0.2) is 0 Å². The Labute approximate surface area is 94.8 Å². The molecule has 0 amide bonds. The number of hydrogen-bond acceptors (Lipinski definition) is 3. The molecule has 0 unspecified atom stereocenters. The molecule has 5 heavy (non-hydrogen) atoms. The Morgan fingerprint density at radius 1 is 1.40 bits per heavy atom. The maximum absolute atomic E-state index is 8.62. The third-order valence-corrected chi connectivity index (χ3v) is 0. The first-order valence-electron chi connectivity index (χ1n) is 0.548. The monoisotopic (exact) mass is 362 g/mol. The molecule has 0 saturated heterocycles. The van der Waals surface area contributed by atoms with Gasteiger partial charge in [0, 0.05) is 0 Å². The molecule has 0 rings (SSSR count). The van der Waals surface area contributed by atoms with Crippen LogP contribution in [0, 0.1) is 0 Å². The van der Waals surface area contributed by atoms with Crippen molar-refractivity contribution in [3.8, 4) is 0 Å². The second-order valence-corrected chi connectivity index (χ2v) is 1.83. The summed E-state index contributed by atoms with van der Waals surface area (Å²) in [6.45, 7) is 0. The van der Waals surface area contributed by atoms with Gasteiger partial charge in [-0.05, 0) is 0 Å². The zero-order valence-corrected chi connectivity index (χ0v) is 12.2. The third-order valence-electron chi connectivity index (χ3n) is 0. The van der Waals surface area contributed by atoms with Crippen LogP contribution in [0.3, 0.4) is 0 Å². The molecule has 24 valence electrons. The van der Waals surface area contributed by atoms with Crippen molar-refractivity contribution in [3.63, 3.8) is 0 Å². The van der Waals surface area contributed by atoms with E-state index in [9.17, 15) is 0 Å². The van der Waals surface area contributed by atoms with Crippen molar-refractivity contribution in [1.82, 2.24) is 0 Å². The third kappa shape index (κ3) is 21.7. The molecule has 0 aliphatic heterocycles. The molecule has 0 radical (unpaired) electrons. The summed E-state index contributed by atoms with van der Waals surface area (Å²) in [6, 6.07) is 0. The molecule has 0 aliphatic carbocycles. The molecule has 0 spiro atoms. The van der Waals surface area contributed by atoms with Gasteiger partial charge in [-0.1, -0.05) is 0 Å². The molecule has 0 atom stereocenters. The van der Waals surface area contributed by atoms with Crippen LogP contribution in [-0.4, -0.2) is 0 Å². The van der Waals surface area contributed by atoms with E-state index in [1.165, 1.54) is 0 Å². The van der Waals surface area contributed by atoms with E-state index in [-0.39, 0.29) is 68.9 Å². The average Bonchev–Trinajstić information content (AvgIpc) is 0.811. The van der Waals surface area contributed by atoms with Gasteiger partial charge in [-0.2, -0.15) is 0 Å². The van der Waals surface area contributed by atoms with Crippen LogP contribution < -0.4 is 72.5 Å². The maximum atomic E-state index is 8.62. The summed E-state index contributed by atoms with van der Waals surface area (Å²) < 4.78 is 25.9. The van der Waals surface area contributed by atoms with E-state index in [1.54, 1.807) is 0 Å². The standard InChI is InChI=1S/Cs.3O.Ta/q+1;;;-1;. The summed E-state index contributed by atoms with van der Waals surface area (Å²) in [5.41, 5.74) is 0. The first kappa shape index (κ1) is 10.4. The minimum absolute atomic E-state index is 0.